The first kappa shape index (κ1) is 22.0. The molecule has 162 valence electrons. The molecule has 10 heteroatoms. The molecule has 1 aromatic heterocycles. The number of carbonyl (C=O) groups is 2. The lowest BCUT2D eigenvalue weighted by molar-refractivity contribution is -0.123. The SMILES string of the molecule is Cc1c(F)cc(C(=O)NCC(F)(F)F)cc1NC(=O)c1cnn(-c2ccccc2)c1C. The lowest BCUT2D eigenvalue weighted by atomic mass is 10.1. The van der Waals surface area contributed by atoms with Crippen LogP contribution in [0.3, 0.4) is 0 Å². The zero-order valence-corrected chi connectivity index (χ0v) is 16.5. The molecule has 0 radical (unpaired) electrons. The standard InChI is InChI=1S/C21H18F4N4O2/c1-12-17(22)8-14(19(30)26-11-21(23,24)25)9-18(12)28-20(31)16-10-27-29(13(16)2)15-6-4-3-5-7-15/h3-10H,11H2,1-2H3,(H,26,30)(H,28,31). The number of rotatable bonds is 5. The number of nitrogens with one attached hydrogen (secondary N) is 2. The number of hydrogen-bond acceptors (Lipinski definition) is 3. The summed E-state index contributed by atoms with van der Waals surface area (Å²) in [4.78, 5) is 24.7. The van der Waals surface area contributed by atoms with Crippen molar-refractivity contribution >= 4 is 17.5 Å². The Hall–Kier alpha value is -3.69. The van der Waals surface area contributed by atoms with Gasteiger partial charge in [-0.25, -0.2) is 9.07 Å². The zero-order chi connectivity index (χ0) is 22.8. The van der Waals surface area contributed by atoms with Crippen LogP contribution in [0.1, 0.15) is 32.0 Å². The van der Waals surface area contributed by atoms with Crippen molar-refractivity contribution in [2.45, 2.75) is 20.0 Å². The number of nitrogens with zero attached hydrogens (tertiary/aromatic N) is 2. The minimum absolute atomic E-state index is 0.0333. The molecule has 0 saturated carbocycles. The first-order chi connectivity index (χ1) is 14.6. The molecular weight excluding hydrogens is 416 g/mol. The summed E-state index contributed by atoms with van der Waals surface area (Å²) >= 11 is 0. The second-order valence-electron chi connectivity index (χ2n) is 6.77. The molecule has 0 fully saturated rings. The Balaban J connectivity index is 1.84. The predicted molar refractivity (Wildman–Crippen MR) is 106 cm³/mol. The van der Waals surface area contributed by atoms with Gasteiger partial charge < -0.3 is 10.6 Å². The molecule has 0 spiro atoms. The van der Waals surface area contributed by atoms with Crippen LogP contribution < -0.4 is 10.6 Å². The van der Waals surface area contributed by atoms with Gasteiger partial charge in [0.25, 0.3) is 11.8 Å². The molecule has 0 atom stereocenters. The van der Waals surface area contributed by atoms with Crippen LogP contribution in [0.2, 0.25) is 0 Å². The Morgan fingerprint density at radius 1 is 1.06 bits per heavy atom. The van der Waals surface area contributed by atoms with Crippen LogP contribution in [0.5, 0.6) is 0 Å². The van der Waals surface area contributed by atoms with Gasteiger partial charge >= 0.3 is 6.18 Å². The van der Waals surface area contributed by atoms with Crippen LogP contribution in [0.15, 0.2) is 48.7 Å². The van der Waals surface area contributed by atoms with Crippen LogP contribution in [0.25, 0.3) is 5.69 Å². The number of para-hydroxylation sites is 1. The van der Waals surface area contributed by atoms with E-state index in [0.717, 1.165) is 17.8 Å². The number of amides is 2. The quantitative estimate of drug-likeness (QED) is 0.592. The van der Waals surface area contributed by atoms with Gasteiger partial charge in [0.15, 0.2) is 0 Å². The molecule has 2 amide bonds. The molecule has 3 rings (SSSR count). The van der Waals surface area contributed by atoms with Gasteiger partial charge in [-0.1, -0.05) is 18.2 Å². The summed E-state index contributed by atoms with van der Waals surface area (Å²) in [5.41, 5.74) is 1.14. The molecule has 0 aliphatic heterocycles. The van der Waals surface area contributed by atoms with Gasteiger partial charge in [-0.15, -0.1) is 0 Å². The van der Waals surface area contributed by atoms with Crippen molar-refractivity contribution in [1.82, 2.24) is 15.1 Å². The third-order valence-electron chi connectivity index (χ3n) is 4.56. The highest BCUT2D eigenvalue weighted by Crippen LogP contribution is 2.23. The molecule has 2 N–H and O–H groups in total. The number of aromatic nitrogens is 2. The highest BCUT2D eigenvalue weighted by Gasteiger charge is 2.28. The molecule has 0 aliphatic rings. The van der Waals surface area contributed by atoms with Crippen LogP contribution in [0.4, 0.5) is 23.2 Å². The van der Waals surface area contributed by atoms with Crippen molar-refractivity contribution in [3.8, 4) is 5.69 Å². The molecule has 31 heavy (non-hydrogen) atoms. The van der Waals surface area contributed by atoms with Crippen molar-refractivity contribution in [2.75, 3.05) is 11.9 Å². The van der Waals surface area contributed by atoms with E-state index in [1.807, 2.05) is 30.3 Å². The van der Waals surface area contributed by atoms with E-state index in [4.69, 9.17) is 0 Å². The molecule has 0 saturated heterocycles. The molecule has 0 bridgehead atoms. The number of carbonyl (C=O) groups excluding carboxylic acids is 2. The van der Waals surface area contributed by atoms with Crippen molar-refractivity contribution < 1.29 is 27.2 Å². The average Bonchev–Trinajstić information content (AvgIpc) is 3.11. The molecule has 3 aromatic rings. The van der Waals surface area contributed by atoms with Gasteiger partial charge in [-0.05, 0) is 38.1 Å². The van der Waals surface area contributed by atoms with Gasteiger partial charge in [-0.3, -0.25) is 9.59 Å². The topological polar surface area (TPSA) is 76.0 Å². The van der Waals surface area contributed by atoms with E-state index in [-0.39, 0.29) is 22.4 Å². The summed E-state index contributed by atoms with van der Waals surface area (Å²) in [6.07, 6.45) is -3.25. The number of benzene rings is 2. The number of anilines is 1. The van der Waals surface area contributed by atoms with E-state index in [0.29, 0.717) is 5.69 Å². The fourth-order valence-electron chi connectivity index (χ4n) is 2.87. The number of hydrogen-bond donors (Lipinski definition) is 2. The van der Waals surface area contributed by atoms with Gasteiger partial charge in [0.1, 0.15) is 12.4 Å². The summed E-state index contributed by atoms with van der Waals surface area (Å²) in [6.45, 7) is 1.51. The van der Waals surface area contributed by atoms with Crippen LogP contribution in [-0.2, 0) is 0 Å². The Morgan fingerprint density at radius 3 is 2.39 bits per heavy atom. The number of alkyl halides is 3. The Kier molecular flexibility index (Phi) is 6.09. The molecular formula is C21H18F4N4O2. The van der Waals surface area contributed by atoms with Crippen molar-refractivity contribution in [1.29, 1.82) is 0 Å². The van der Waals surface area contributed by atoms with Gasteiger partial charge in [0.05, 0.1) is 23.1 Å². The second kappa shape index (κ2) is 8.58. The van der Waals surface area contributed by atoms with Crippen molar-refractivity contribution in [3.05, 3.63) is 76.9 Å². The predicted octanol–water partition coefficient (Wildman–Crippen LogP) is 4.17. The maximum Gasteiger partial charge on any atom is 0.405 e. The van der Waals surface area contributed by atoms with E-state index in [1.165, 1.54) is 13.1 Å². The van der Waals surface area contributed by atoms with Crippen molar-refractivity contribution in [3.63, 3.8) is 0 Å². The summed E-state index contributed by atoms with van der Waals surface area (Å²) < 4.78 is 52.8. The van der Waals surface area contributed by atoms with E-state index in [2.05, 4.69) is 10.4 Å². The van der Waals surface area contributed by atoms with Crippen LogP contribution >= 0.6 is 0 Å². The monoisotopic (exact) mass is 434 g/mol. The van der Waals surface area contributed by atoms with E-state index in [1.54, 1.807) is 16.9 Å². The van der Waals surface area contributed by atoms with Crippen molar-refractivity contribution in [2.24, 2.45) is 0 Å². The average molecular weight is 434 g/mol. The molecule has 0 unspecified atom stereocenters. The first-order valence-corrected chi connectivity index (χ1v) is 9.13. The molecule has 2 aromatic carbocycles. The second-order valence-corrected chi connectivity index (χ2v) is 6.77. The largest absolute Gasteiger partial charge is 0.405 e. The third-order valence-corrected chi connectivity index (χ3v) is 4.56. The normalized spacial score (nSPS) is 11.3. The Labute approximate surface area is 174 Å². The zero-order valence-electron chi connectivity index (χ0n) is 16.5. The Morgan fingerprint density at radius 2 is 1.74 bits per heavy atom. The molecule has 0 aliphatic carbocycles. The van der Waals surface area contributed by atoms with E-state index < -0.39 is 30.4 Å². The summed E-state index contributed by atoms with van der Waals surface area (Å²) in [7, 11) is 0. The lowest BCUT2D eigenvalue weighted by Gasteiger charge is -2.13. The van der Waals surface area contributed by atoms with Gasteiger partial charge in [0, 0.05) is 16.8 Å². The molecule has 1 heterocycles. The summed E-state index contributed by atoms with van der Waals surface area (Å²) in [6, 6.07) is 11.0. The fourth-order valence-corrected chi connectivity index (χ4v) is 2.87. The van der Waals surface area contributed by atoms with Crippen LogP contribution in [-0.4, -0.2) is 34.3 Å². The Bertz CT molecular complexity index is 1120. The smallest absolute Gasteiger partial charge is 0.343 e. The maximum absolute atomic E-state index is 14.3. The summed E-state index contributed by atoms with van der Waals surface area (Å²) in [5.74, 6) is -2.55. The minimum atomic E-state index is -4.60. The third kappa shape index (κ3) is 5.08. The lowest BCUT2D eigenvalue weighted by Crippen LogP contribution is -2.33. The van der Waals surface area contributed by atoms with E-state index in [9.17, 15) is 27.2 Å². The maximum atomic E-state index is 14.3. The highest BCUT2D eigenvalue weighted by atomic mass is 19.4. The fraction of sp³-hybridized carbons (Fsp3) is 0.190. The van der Waals surface area contributed by atoms with Gasteiger partial charge in [0.2, 0.25) is 0 Å². The van der Waals surface area contributed by atoms with Gasteiger partial charge in [-0.2, -0.15) is 18.3 Å². The molecule has 6 nitrogen and oxygen atoms in total. The van der Waals surface area contributed by atoms with E-state index >= 15 is 0 Å². The minimum Gasteiger partial charge on any atom is -0.343 e. The number of halogens is 4. The summed E-state index contributed by atoms with van der Waals surface area (Å²) in [5, 5.41) is 8.37. The first-order valence-electron chi connectivity index (χ1n) is 9.13. The van der Waals surface area contributed by atoms with Crippen LogP contribution in [0, 0.1) is 19.7 Å². The highest BCUT2D eigenvalue weighted by molar-refractivity contribution is 6.06.